The second-order valence-electron chi connectivity index (χ2n) is 5.38. The maximum Gasteiger partial charge on any atom is 0.0327 e. The Labute approximate surface area is 103 Å². The molecule has 0 fully saturated rings. The summed E-state index contributed by atoms with van der Waals surface area (Å²) in [6.07, 6.45) is 1.16. The first-order valence-electron chi connectivity index (χ1n) is 5.86. The highest BCUT2D eigenvalue weighted by molar-refractivity contribution is 7.10. The lowest BCUT2D eigenvalue weighted by atomic mass is 9.89. The molecule has 0 aliphatic heterocycles. The van der Waals surface area contributed by atoms with Gasteiger partial charge in [-0.25, -0.2) is 0 Å². The minimum atomic E-state index is 0.263. The molecule has 2 N–H and O–H groups in total. The van der Waals surface area contributed by atoms with Crippen LogP contribution < -0.4 is 5.73 Å². The molecule has 0 unspecified atom stereocenters. The fourth-order valence-corrected chi connectivity index (χ4v) is 2.47. The highest BCUT2D eigenvalue weighted by atomic mass is 32.1. The van der Waals surface area contributed by atoms with Gasteiger partial charge in [-0.1, -0.05) is 13.8 Å². The number of rotatable bonds is 6. The molecule has 0 aromatic carbocycles. The maximum atomic E-state index is 5.74. The second kappa shape index (κ2) is 5.80. The van der Waals surface area contributed by atoms with E-state index in [-0.39, 0.29) is 5.41 Å². The molecule has 1 heterocycles. The van der Waals surface area contributed by atoms with Crippen LogP contribution in [0.25, 0.3) is 0 Å². The molecule has 0 aliphatic carbocycles. The summed E-state index contributed by atoms with van der Waals surface area (Å²) in [5, 5.41) is 2.17. The van der Waals surface area contributed by atoms with E-state index in [0.29, 0.717) is 0 Å². The van der Waals surface area contributed by atoms with Gasteiger partial charge in [0.1, 0.15) is 0 Å². The van der Waals surface area contributed by atoms with Crippen molar-refractivity contribution in [1.82, 2.24) is 4.90 Å². The quantitative estimate of drug-likeness (QED) is 0.828. The number of hydrogen-bond donors (Lipinski definition) is 1. The molecule has 0 amide bonds. The van der Waals surface area contributed by atoms with Crippen molar-refractivity contribution in [2.45, 2.75) is 33.7 Å². The zero-order chi connectivity index (χ0) is 12.2. The fourth-order valence-electron chi connectivity index (χ4n) is 1.49. The van der Waals surface area contributed by atoms with Crippen molar-refractivity contribution in [1.29, 1.82) is 0 Å². The molecule has 1 aromatic rings. The van der Waals surface area contributed by atoms with Crippen LogP contribution in [-0.4, -0.2) is 25.0 Å². The molecule has 3 heteroatoms. The van der Waals surface area contributed by atoms with Crippen LogP contribution in [0, 0.1) is 12.3 Å². The van der Waals surface area contributed by atoms with E-state index in [1.807, 2.05) is 11.3 Å². The van der Waals surface area contributed by atoms with Gasteiger partial charge in [0, 0.05) is 11.4 Å². The zero-order valence-corrected chi connectivity index (χ0v) is 11.7. The molecule has 0 aliphatic rings. The Morgan fingerprint density at radius 1 is 1.44 bits per heavy atom. The Morgan fingerprint density at radius 2 is 2.12 bits per heavy atom. The van der Waals surface area contributed by atoms with Crippen molar-refractivity contribution in [3.63, 3.8) is 0 Å². The molecule has 0 radical (unpaired) electrons. The van der Waals surface area contributed by atoms with E-state index in [9.17, 15) is 0 Å². The monoisotopic (exact) mass is 240 g/mol. The van der Waals surface area contributed by atoms with Gasteiger partial charge in [-0.2, -0.15) is 0 Å². The molecule has 92 valence electrons. The summed E-state index contributed by atoms with van der Waals surface area (Å²) < 4.78 is 0. The van der Waals surface area contributed by atoms with Gasteiger partial charge in [0.2, 0.25) is 0 Å². The summed E-state index contributed by atoms with van der Waals surface area (Å²) in [6.45, 7) is 9.59. The van der Waals surface area contributed by atoms with Crippen LogP contribution in [0.1, 0.15) is 30.7 Å². The largest absolute Gasteiger partial charge is 0.330 e. The van der Waals surface area contributed by atoms with Crippen LogP contribution in [-0.2, 0) is 6.54 Å². The lowest BCUT2D eigenvalue weighted by molar-refractivity contribution is 0.250. The van der Waals surface area contributed by atoms with E-state index in [2.05, 4.69) is 44.2 Å². The Balaban J connectivity index is 2.37. The van der Waals surface area contributed by atoms with Crippen LogP contribution in [0.5, 0.6) is 0 Å². The number of thiophene rings is 1. The first-order valence-corrected chi connectivity index (χ1v) is 6.74. The topological polar surface area (TPSA) is 29.3 Å². The van der Waals surface area contributed by atoms with E-state index < -0.39 is 0 Å². The lowest BCUT2D eigenvalue weighted by Gasteiger charge is -2.25. The van der Waals surface area contributed by atoms with E-state index in [1.54, 1.807) is 0 Å². The number of nitrogens with two attached hydrogens (primary N) is 1. The minimum absolute atomic E-state index is 0.263. The molecule has 0 bridgehead atoms. The van der Waals surface area contributed by atoms with Crippen LogP contribution >= 0.6 is 11.3 Å². The average molecular weight is 240 g/mol. The molecule has 2 nitrogen and oxygen atoms in total. The van der Waals surface area contributed by atoms with Crippen LogP contribution in [0.2, 0.25) is 0 Å². The first kappa shape index (κ1) is 13.7. The van der Waals surface area contributed by atoms with Crippen molar-refractivity contribution >= 4 is 11.3 Å². The van der Waals surface area contributed by atoms with Crippen molar-refractivity contribution in [2.75, 3.05) is 20.1 Å². The maximum absolute atomic E-state index is 5.74. The van der Waals surface area contributed by atoms with E-state index in [0.717, 1.165) is 26.1 Å². The predicted molar refractivity (Wildman–Crippen MR) is 72.8 cm³/mol. The van der Waals surface area contributed by atoms with Gasteiger partial charge < -0.3 is 10.6 Å². The van der Waals surface area contributed by atoms with Gasteiger partial charge in [0.15, 0.2) is 0 Å². The third-order valence-corrected chi connectivity index (χ3v) is 4.11. The number of hydrogen-bond acceptors (Lipinski definition) is 3. The van der Waals surface area contributed by atoms with E-state index in [1.165, 1.54) is 10.4 Å². The van der Waals surface area contributed by atoms with Gasteiger partial charge in [-0.15, -0.1) is 11.3 Å². The molecule has 1 rings (SSSR count). The number of aryl methyl sites for hydroxylation is 1. The van der Waals surface area contributed by atoms with Crippen LogP contribution in [0.15, 0.2) is 11.4 Å². The molecular weight excluding hydrogens is 216 g/mol. The summed E-state index contributed by atoms with van der Waals surface area (Å²) in [6, 6.07) is 2.19. The van der Waals surface area contributed by atoms with Crippen molar-refractivity contribution in [3.05, 3.63) is 21.9 Å². The summed E-state index contributed by atoms with van der Waals surface area (Å²) in [5.74, 6) is 0. The Bertz CT molecular complexity index is 317. The van der Waals surface area contributed by atoms with Gasteiger partial charge in [-0.3, -0.25) is 0 Å². The summed E-state index contributed by atoms with van der Waals surface area (Å²) in [4.78, 5) is 3.86. The average Bonchev–Trinajstić information content (AvgIpc) is 2.62. The molecule has 0 saturated heterocycles. The third kappa shape index (κ3) is 4.24. The summed E-state index contributed by atoms with van der Waals surface area (Å²) in [7, 11) is 2.19. The van der Waals surface area contributed by atoms with Crippen molar-refractivity contribution < 1.29 is 0 Å². The normalized spacial score (nSPS) is 12.4. The standard InChI is InChI=1S/C13H24N2S/c1-11-5-8-16-12(11)9-15(4)7-6-13(2,3)10-14/h5,8H,6-7,9-10,14H2,1-4H3. The third-order valence-electron chi connectivity index (χ3n) is 3.10. The van der Waals surface area contributed by atoms with Gasteiger partial charge in [-0.05, 0) is 55.9 Å². The second-order valence-corrected chi connectivity index (χ2v) is 6.38. The number of nitrogens with zero attached hydrogens (tertiary/aromatic N) is 1. The van der Waals surface area contributed by atoms with Crippen LogP contribution in [0.4, 0.5) is 0 Å². The summed E-state index contributed by atoms with van der Waals surface area (Å²) >= 11 is 1.85. The lowest BCUT2D eigenvalue weighted by Crippen LogP contribution is -2.29. The fraction of sp³-hybridized carbons (Fsp3) is 0.692. The predicted octanol–water partition coefficient (Wildman–Crippen LogP) is 2.86. The van der Waals surface area contributed by atoms with Gasteiger partial charge >= 0.3 is 0 Å². The molecule has 0 spiro atoms. The molecule has 0 atom stereocenters. The Morgan fingerprint density at radius 3 is 2.62 bits per heavy atom. The molecule has 1 aromatic heterocycles. The van der Waals surface area contributed by atoms with Gasteiger partial charge in [0.25, 0.3) is 0 Å². The highest BCUT2D eigenvalue weighted by Crippen LogP contribution is 2.21. The molecular formula is C13H24N2S. The van der Waals surface area contributed by atoms with Gasteiger partial charge in [0.05, 0.1) is 0 Å². The van der Waals surface area contributed by atoms with Crippen LogP contribution in [0.3, 0.4) is 0 Å². The Kier molecular flexibility index (Phi) is 4.96. The first-order chi connectivity index (χ1) is 7.44. The minimum Gasteiger partial charge on any atom is -0.330 e. The highest BCUT2D eigenvalue weighted by Gasteiger charge is 2.16. The SMILES string of the molecule is Cc1ccsc1CN(C)CCC(C)(C)CN. The Hall–Kier alpha value is -0.380. The van der Waals surface area contributed by atoms with E-state index >= 15 is 0 Å². The van der Waals surface area contributed by atoms with Crippen molar-refractivity contribution in [3.8, 4) is 0 Å². The zero-order valence-electron chi connectivity index (χ0n) is 10.9. The molecule has 0 saturated carbocycles. The smallest absolute Gasteiger partial charge is 0.0327 e. The summed E-state index contributed by atoms with van der Waals surface area (Å²) in [5.41, 5.74) is 7.41. The van der Waals surface area contributed by atoms with Crippen molar-refractivity contribution in [2.24, 2.45) is 11.1 Å². The van der Waals surface area contributed by atoms with E-state index in [4.69, 9.17) is 5.73 Å². The molecule has 16 heavy (non-hydrogen) atoms.